The van der Waals surface area contributed by atoms with Gasteiger partial charge in [0.15, 0.2) is 0 Å². The summed E-state index contributed by atoms with van der Waals surface area (Å²) < 4.78 is 5.06. The summed E-state index contributed by atoms with van der Waals surface area (Å²) in [5.41, 5.74) is 0.998. The first-order valence-corrected chi connectivity index (χ1v) is 6.00. The highest BCUT2D eigenvalue weighted by molar-refractivity contribution is 6.20. The van der Waals surface area contributed by atoms with Crippen molar-refractivity contribution in [2.24, 2.45) is 0 Å². The van der Waals surface area contributed by atoms with E-state index in [1.807, 2.05) is 25.1 Å². The summed E-state index contributed by atoms with van der Waals surface area (Å²) in [4.78, 5) is 4.31. The van der Waals surface area contributed by atoms with E-state index in [2.05, 4.69) is 10.3 Å². The molecule has 0 saturated carbocycles. The number of hydrogen-bond donors (Lipinski definition) is 1. The molecule has 16 heavy (non-hydrogen) atoms. The number of nitrogens with zero attached hydrogens (tertiary/aromatic N) is 1. The van der Waals surface area contributed by atoms with Crippen molar-refractivity contribution in [3.05, 3.63) is 23.9 Å². The molecule has 1 heterocycles. The molecule has 0 aliphatic rings. The Bertz CT molecular complexity index is 305. The third kappa shape index (κ3) is 5.33. The quantitative estimate of drug-likeness (QED) is 0.590. The van der Waals surface area contributed by atoms with E-state index in [1.165, 1.54) is 0 Å². The molecule has 1 aromatic rings. The Labute approximate surface area is 102 Å². The van der Waals surface area contributed by atoms with Crippen molar-refractivity contribution in [3.8, 4) is 5.88 Å². The summed E-state index contributed by atoms with van der Waals surface area (Å²) >= 11 is 5.86. The van der Waals surface area contributed by atoms with Gasteiger partial charge in [0.05, 0.1) is 12.8 Å². The lowest BCUT2D eigenvalue weighted by atomic mass is 10.2. The van der Waals surface area contributed by atoms with Crippen LogP contribution in [-0.2, 0) is 6.54 Å². The van der Waals surface area contributed by atoms with Crippen LogP contribution in [0.5, 0.6) is 5.88 Å². The fourth-order valence-corrected chi connectivity index (χ4v) is 1.55. The van der Waals surface area contributed by atoms with Gasteiger partial charge in [-0.05, 0) is 32.4 Å². The van der Waals surface area contributed by atoms with Crippen molar-refractivity contribution in [1.29, 1.82) is 0 Å². The van der Waals surface area contributed by atoms with Gasteiger partial charge in [0.2, 0.25) is 5.88 Å². The summed E-state index contributed by atoms with van der Waals surface area (Å²) in [5.74, 6) is 0.661. The smallest absolute Gasteiger partial charge is 0.213 e. The fraction of sp³-hybridized carbons (Fsp3) is 0.583. The number of ether oxygens (including phenoxy) is 1. The Morgan fingerprint density at radius 1 is 1.50 bits per heavy atom. The monoisotopic (exact) mass is 242 g/mol. The number of rotatable bonds is 7. The molecule has 0 aromatic carbocycles. The number of halogens is 1. The highest BCUT2D eigenvalue weighted by Crippen LogP contribution is 2.06. The maximum atomic E-state index is 5.86. The molecule has 0 aliphatic heterocycles. The molecule has 4 heteroatoms. The van der Waals surface area contributed by atoms with Crippen LogP contribution in [0.1, 0.15) is 25.5 Å². The molecular formula is C12H19ClN2O. The summed E-state index contributed by atoms with van der Waals surface area (Å²) in [6.45, 7) is 3.76. The van der Waals surface area contributed by atoms with E-state index in [0.29, 0.717) is 5.88 Å². The lowest BCUT2D eigenvalue weighted by molar-refractivity contribution is 0.395. The second-order valence-electron chi connectivity index (χ2n) is 3.77. The molecular weight excluding hydrogens is 224 g/mol. The third-order valence-corrected chi connectivity index (χ3v) is 2.47. The second kappa shape index (κ2) is 7.47. The number of nitrogens with one attached hydrogen (secondary N) is 1. The van der Waals surface area contributed by atoms with Crippen molar-refractivity contribution in [2.75, 3.05) is 13.7 Å². The van der Waals surface area contributed by atoms with Crippen molar-refractivity contribution in [3.63, 3.8) is 0 Å². The molecule has 0 bridgehead atoms. The van der Waals surface area contributed by atoms with Crippen LogP contribution in [0.2, 0.25) is 0 Å². The molecule has 0 fully saturated rings. The Kier molecular flexibility index (Phi) is 6.19. The van der Waals surface area contributed by atoms with Crippen LogP contribution in [0.15, 0.2) is 18.2 Å². The number of hydrogen-bond acceptors (Lipinski definition) is 3. The summed E-state index contributed by atoms with van der Waals surface area (Å²) in [6.07, 6.45) is 2.13. The molecule has 1 N–H and O–H groups in total. The van der Waals surface area contributed by atoms with E-state index in [0.717, 1.165) is 31.6 Å². The topological polar surface area (TPSA) is 34.1 Å². The molecule has 1 rings (SSSR count). The molecule has 0 aliphatic carbocycles. The minimum absolute atomic E-state index is 0.261. The summed E-state index contributed by atoms with van der Waals surface area (Å²) in [5, 5.41) is 3.59. The highest BCUT2D eigenvalue weighted by atomic mass is 35.5. The number of alkyl halides is 1. The van der Waals surface area contributed by atoms with Gasteiger partial charge in [-0.2, -0.15) is 0 Å². The van der Waals surface area contributed by atoms with E-state index >= 15 is 0 Å². The molecule has 0 radical (unpaired) electrons. The number of pyridine rings is 1. The van der Waals surface area contributed by atoms with Gasteiger partial charge in [0.1, 0.15) is 0 Å². The van der Waals surface area contributed by atoms with Gasteiger partial charge < -0.3 is 10.1 Å². The Morgan fingerprint density at radius 2 is 2.31 bits per heavy atom. The molecule has 0 spiro atoms. The van der Waals surface area contributed by atoms with Crippen LogP contribution in [0.3, 0.4) is 0 Å². The van der Waals surface area contributed by atoms with E-state index in [9.17, 15) is 0 Å². The molecule has 0 saturated heterocycles. The number of methoxy groups -OCH3 is 1. The zero-order chi connectivity index (χ0) is 11.8. The lowest BCUT2D eigenvalue weighted by Gasteiger charge is -2.06. The summed E-state index contributed by atoms with van der Waals surface area (Å²) in [6, 6.07) is 5.78. The average Bonchev–Trinajstić information content (AvgIpc) is 2.28. The first-order valence-electron chi connectivity index (χ1n) is 5.57. The SMILES string of the molecule is COc1cccc(CNCCCC(C)Cl)n1. The predicted octanol–water partition coefficient (Wildman–Crippen LogP) is 2.59. The van der Waals surface area contributed by atoms with Crippen molar-refractivity contribution >= 4 is 11.6 Å². The molecule has 90 valence electrons. The maximum Gasteiger partial charge on any atom is 0.213 e. The Hall–Kier alpha value is -0.800. The largest absolute Gasteiger partial charge is 0.481 e. The van der Waals surface area contributed by atoms with E-state index in [-0.39, 0.29) is 5.38 Å². The van der Waals surface area contributed by atoms with Gasteiger partial charge in [-0.3, -0.25) is 0 Å². The van der Waals surface area contributed by atoms with Gasteiger partial charge in [0, 0.05) is 18.0 Å². The Balaban J connectivity index is 2.21. The highest BCUT2D eigenvalue weighted by Gasteiger charge is 1.98. The normalized spacial score (nSPS) is 12.4. The first-order chi connectivity index (χ1) is 7.72. The van der Waals surface area contributed by atoms with Crippen LogP contribution in [0.4, 0.5) is 0 Å². The second-order valence-corrected chi connectivity index (χ2v) is 4.52. The average molecular weight is 243 g/mol. The van der Waals surface area contributed by atoms with Gasteiger partial charge in [0.25, 0.3) is 0 Å². The van der Waals surface area contributed by atoms with Crippen molar-refractivity contribution in [1.82, 2.24) is 10.3 Å². The molecule has 0 amide bonds. The lowest BCUT2D eigenvalue weighted by Crippen LogP contribution is -2.16. The van der Waals surface area contributed by atoms with E-state index < -0.39 is 0 Å². The molecule has 1 atom stereocenters. The summed E-state index contributed by atoms with van der Waals surface area (Å²) in [7, 11) is 1.63. The minimum atomic E-state index is 0.261. The van der Waals surface area contributed by atoms with Crippen LogP contribution < -0.4 is 10.1 Å². The first kappa shape index (κ1) is 13.3. The third-order valence-electron chi connectivity index (χ3n) is 2.25. The number of aromatic nitrogens is 1. The van der Waals surface area contributed by atoms with Crippen molar-refractivity contribution in [2.45, 2.75) is 31.7 Å². The van der Waals surface area contributed by atoms with Crippen molar-refractivity contribution < 1.29 is 4.74 Å². The van der Waals surface area contributed by atoms with Crippen LogP contribution >= 0.6 is 11.6 Å². The zero-order valence-electron chi connectivity index (χ0n) is 9.87. The predicted molar refractivity (Wildman–Crippen MR) is 67.0 cm³/mol. The molecule has 3 nitrogen and oxygen atoms in total. The van der Waals surface area contributed by atoms with Gasteiger partial charge >= 0.3 is 0 Å². The Morgan fingerprint density at radius 3 is 3.00 bits per heavy atom. The van der Waals surface area contributed by atoms with Gasteiger partial charge in [-0.25, -0.2) is 4.98 Å². The fourth-order valence-electron chi connectivity index (χ4n) is 1.39. The van der Waals surface area contributed by atoms with Gasteiger partial charge in [-0.15, -0.1) is 11.6 Å². The maximum absolute atomic E-state index is 5.86. The van der Waals surface area contributed by atoms with Crippen LogP contribution in [-0.4, -0.2) is 24.0 Å². The molecule has 1 unspecified atom stereocenters. The minimum Gasteiger partial charge on any atom is -0.481 e. The van der Waals surface area contributed by atoms with E-state index in [1.54, 1.807) is 7.11 Å². The zero-order valence-corrected chi connectivity index (χ0v) is 10.6. The molecule has 1 aromatic heterocycles. The standard InChI is InChI=1S/C12H19ClN2O/c1-10(13)5-4-8-14-9-11-6-3-7-12(15-11)16-2/h3,6-7,10,14H,4-5,8-9H2,1-2H3. The van der Waals surface area contributed by atoms with E-state index in [4.69, 9.17) is 16.3 Å². The van der Waals surface area contributed by atoms with Gasteiger partial charge in [-0.1, -0.05) is 6.07 Å². The van der Waals surface area contributed by atoms with Crippen LogP contribution in [0.25, 0.3) is 0 Å². The van der Waals surface area contributed by atoms with Crippen LogP contribution in [0, 0.1) is 0 Å².